The van der Waals surface area contributed by atoms with Gasteiger partial charge in [0.15, 0.2) is 17.2 Å². The molecule has 1 aromatic heterocycles. The van der Waals surface area contributed by atoms with Crippen molar-refractivity contribution >= 4 is 16.6 Å². The molecule has 9 nitrogen and oxygen atoms in total. The minimum Gasteiger partial charge on any atom is -0.502 e. The van der Waals surface area contributed by atoms with Crippen LogP contribution in [-0.2, 0) is 0 Å². The molecule has 0 aliphatic heterocycles. The molecule has 0 fully saturated rings. The van der Waals surface area contributed by atoms with E-state index in [0.29, 0.717) is 22.4 Å². The number of rotatable bonds is 5. The first kappa shape index (κ1) is 16.2. The molecule has 0 amide bonds. The third-order valence-electron chi connectivity index (χ3n) is 3.46. The van der Waals surface area contributed by atoms with Gasteiger partial charge in [0.25, 0.3) is 0 Å². The number of nitrogens with zero attached hydrogens (tertiary/aromatic N) is 3. The topological polar surface area (TPSA) is 117 Å². The van der Waals surface area contributed by atoms with Gasteiger partial charge in [0, 0.05) is 6.07 Å². The van der Waals surface area contributed by atoms with Crippen LogP contribution in [-0.4, -0.2) is 34.2 Å². The lowest BCUT2D eigenvalue weighted by atomic mass is 10.2. The molecule has 0 saturated heterocycles. The molecule has 1 heterocycles. The lowest BCUT2D eigenvalue weighted by Gasteiger charge is -2.11. The molecule has 25 heavy (non-hydrogen) atoms. The number of methoxy groups -OCH3 is 2. The Kier molecular flexibility index (Phi) is 4.21. The number of nitro benzene ring substituents is 1. The molecular weight excluding hydrogens is 330 g/mol. The number of aromatic nitrogens is 2. The van der Waals surface area contributed by atoms with Gasteiger partial charge in [0.2, 0.25) is 5.88 Å². The largest absolute Gasteiger partial charge is 0.502 e. The fourth-order valence-corrected chi connectivity index (χ4v) is 2.27. The van der Waals surface area contributed by atoms with Gasteiger partial charge in [-0.25, -0.2) is 9.97 Å². The van der Waals surface area contributed by atoms with Gasteiger partial charge < -0.3 is 19.3 Å². The van der Waals surface area contributed by atoms with Crippen molar-refractivity contribution in [2.24, 2.45) is 0 Å². The van der Waals surface area contributed by atoms with Crippen LogP contribution in [0.1, 0.15) is 0 Å². The Hall–Kier alpha value is -3.62. The number of phenolic OH excluding ortho intramolecular Hbond substituents is 1. The van der Waals surface area contributed by atoms with E-state index >= 15 is 0 Å². The van der Waals surface area contributed by atoms with E-state index < -0.39 is 16.4 Å². The van der Waals surface area contributed by atoms with Crippen LogP contribution in [0, 0.1) is 10.1 Å². The van der Waals surface area contributed by atoms with Gasteiger partial charge in [-0.2, -0.15) is 0 Å². The maximum absolute atomic E-state index is 10.9. The van der Waals surface area contributed by atoms with Crippen molar-refractivity contribution in [1.82, 2.24) is 9.97 Å². The smallest absolute Gasteiger partial charge is 0.314 e. The maximum atomic E-state index is 10.9. The molecule has 3 aromatic rings. The van der Waals surface area contributed by atoms with Gasteiger partial charge in [-0.15, -0.1) is 0 Å². The van der Waals surface area contributed by atoms with E-state index in [9.17, 15) is 15.2 Å². The van der Waals surface area contributed by atoms with Gasteiger partial charge in [0.05, 0.1) is 36.1 Å². The first-order valence-electron chi connectivity index (χ1n) is 7.05. The van der Waals surface area contributed by atoms with E-state index in [1.807, 2.05) is 0 Å². The highest BCUT2D eigenvalue weighted by atomic mass is 16.6. The lowest BCUT2D eigenvalue weighted by molar-refractivity contribution is -0.385. The number of phenols is 1. The molecule has 1 N–H and O–H groups in total. The second-order valence-corrected chi connectivity index (χ2v) is 4.91. The fourth-order valence-electron chi connectivity index (χ4n) is 2.27. The minimum absolute atomic E-state index is 0.152. The molecule has 0 radical (unpaired) electrons. The second kappa shape index (κ2) is 6.48. The summed E-state index contributed by atoms with van der Waals surface area (Å²) in [5.74, 6) is 0.854. The fraction of sp³-hybridized carbons (Fsp3) is 0.125. The first-order chi connectivity index (χ1) is 12.0. The van der Waals surface area contributed by atoms with Crippen molar-refractivity contribution in [3.63, 3.8) is 0 Å². The summed E-state index contributed by atoms with van der Waals surface area (Å²) < 4.78 is 16.1. The molecule has 0 atom stereocenters. The first-order valence-corrected chi connectivity index (χ1v) is 7.05. The van der Waals surface area contributed by atoms with Crippen molar-refractivity contribution in [1.29, 1.82) is 0 Å². The van der Waals surface area contributed by atoms with Gasteiger partial charge in [0.1, 0.15) is 12.1 Å². The Morgan fingerprint density at radius 3 is 2.48 bits per heavy atom. The van der Waals surface area contributed by atoms with E-state index in [0.717, 1.165) is 6.07 Å². The van der Waals surface area contributed by atoms with Crippen molar-refractivity contribution in [3.05, 3.63) is 46.8 Å². The molecule has 9 heteroatoms. The molecule has 0 bridgehead atoms. The van der Waals surface area contributed by atoms with E-state index in [2.05, 4.69) is 9.97 Å². The van der Waals surface area contributed by atoms with Crippen LogP contribution < -0.4 is 14.2 Å². The van der Waals surface area contributed by atoms with E-state index in [1.54, 1.807) is 12.1 Å². The predicted molar refractivity (Wildman–Crippen MR) is 87.5 cm³/mol. The summed E-state index contributed by atoms with van der Waals surface area (Å²) >= 11 is 0. The van der Waals surface area contributed by atoms with Gasteiger partial charge in [-0.1, -0.05) is 0 Å². The molecule has 128 valence electrons. The average Bonchev–Trinajstić information content (AvgIpc) is 2.62. The summed E-state index contributed by atoms with van der Waals surface area (Å²) in [5, 5.41) is 21.0. The summed E-state index contributed by atoms with van der Waals surface area (Å²) in [6, 6.07) is 7.02. The number of fused-ring (bicyclic) bond motifs is 1. The Labute approximate surface area is 141 Å². The van der Waals surface area contributed by atoms with Crippen LogP contribution >= 0.6 is 0 Å². The monoisotopic (exact) mass is 343 g/mol. The zero-order valence-electron chi connectivity index (χ0n) is 13.3. The second-order valence-electron chi connectivity index (χ2n) is 4.91. The zero-order valence-corrected chi connectivity index (χ0v) is 13.3. The standard InChI is InChI=1S/C16H13N3O6/c1-23-14-6-10-11(7-15(14)24-2)17-8-18-16(10)25-9-3-4-13(20)12(5-9)19(21)22/h3-8,20H,1-2H3. The predicted octanol–water partition coefficient (Wildman–Crippen LogP) is 3.05. The third-order valence-corrected chi connectivity index (χ3v) is 3.46. The summed E-state index contributed by atoms with van der Waals surface area (Å²) in [6.07, 6.45) is 1.30. The normalized spacial score (nSPS) is 10.5. The number of hydrogen-bond acceptors (Lipinski definition) is 8. The van der Waals surface area contributed by atoms with Crippen LogP contribution in [0.5, 0.6) is 28.9 Å². The number of benzene rings is 2. The number of nitro groups is 1. The van der Waals surface area contributed by atoms with Crippen molar-refractivity contribution in [2.45, 2.75) is 0 Å². The molecule has 0 aliphatic rings. The Morgan fingerprint density at radius 2 is 1.80 bits per heavy atom. The van der Waals surface area contributed by atoms with Gasteiger partial charge in [-0.3, -0.25) is 10.1 Å². The summed E-state index contributed by atoms with van der Waals surface area (Å²) in [6.45, 7) is 0. The molecule has 2 aromatic carbocycles. The van der Waals surface area contributed by atoms with Crippen molar-refractivity contribution in [2.75, 3.05) is 14.2 Å². The highest BCUT2D eigenvalue weighted by molar-refractivity contribution is 5.87. The summed E-state index contributed by atoms with van der Waals surface area (Å²) in [5.41, 5.74) is 0.0889. The summed E-state index contributed by atoms with van der Waals surface area (Å²) in [7, 11) is 3.01. The maximum Gasteiger partial charge on any atom is 0.314 e. The van der Waals surface area contributed by atoms with Crippen molar-refractivity contribution in [3.8, 4) is 28.9 Å². The molecule has 0 saturated carbocycles. The zero-order chi connectivity index (χ0) is 18.0. The van der Waals surface area contributed by atoms with Crippen LogP contribution in [0.4, 0.5) is 5.69 Å². The molecule has 3 rings (SSSR count). The van der Waals surface area contributed by atoms with Crippen LogP contribution in [0.3, 0.4) is 0 Å². The Balaban J connectivity index is 2.07. The van der Waals surface area contributed by atoms with Gasteiger partial charge in [-0.05, 0) is 18.2 Å². The minimum atomic E-state index is -0.700. The van der Waals surface area contributed by atoms with Crippen molar-refractivity contribution < 1.29 is 24.2 Å². The summed E-state index contributed by atoms with van der Waals surface area (Å²) in [4.78, 5) is 18.4. The highest BCUT2D eigenvalue weighted by Crippen LogP contribution is 2.37. The number of aromatic hydroxyl groups is 1. The highest BCUT2D eigenvalue weighted by Gasteiger charge is 2.17. The molecular formula is C16H13N3O6. The number of hydrogen-bond donors (Lipinski definition) is 1. The van der Waals surface area contributed by atoms with E-state index in [1.165, 1.54) is 32.7 Å². The Bertz CT molecular complexity index is 960. The van der Waals surface area contributed by atoms with Crippen LogP contribution in [0.2, 0.25) is 0 Å². The van der Waals surface area contributed by atoms with E-state index in [4.69, 9.17) is 14.2 Å². The lowest BCUT2D eigenvalue weighted by Crippen LogP contribution is -1.96. The van der Waals surface area contributed by atoms with E-state index in [-0.39, 0.29) is 11.6 Å². The van der Waals surface area contributed by atoms with Crippen LogP contribution in [0.25, 0.3) is 10.9 Å². The molecule has 0 spiro atoms. The van der Waals surface area contributed by atoms with Crippen LogP contribution in [0.15, 0.2) is 36.7 Å². The number of ether oxygens (including phenoxy) is 3. The molecule has 0 unspecified atom stereocenters. The Morgan fingerprint density at radius 1 is 1.08 bits per heavy atom. The SMILES string of the molecule is COc1cc2ncnc(Oc3ccc(O)c([N+](=O)[O-])c3)c2cc1OC. The average molecular weight is 343 g/mol. The van der Waals surface area contributed by atoms with Gasteiger partial charge >= 0.3 is 5.69 Å². The third kappa shape index (κ3) is 3.07. The quantitative estimate of drug-likeness (QED) is 0.555. The molecule has 0 aliphatic carbocycles.